The van der Waals surface area contributed by atoms with Crippen LogP contribution in [-0.4, -0.2) is 29.4 Å². The van der Waals surface area contributed by atoms with E-state index in [1.807, 2.05) is 11.0 Å². The molecule has 1 aromatic rings. The molecule has 1 atom stereocenters. The van der Waals surface area contributed by atoms with Crippen LogP contribution in [0.4, 0.5) is 0 Å². The van der Waals surface area contributed by atoms with Gasteiger partial charge in [-0.2, -0.15) is 0 Å². The van der Waals surface area contributed by atoms with Crippen LogP contribution in [0.15, 0.2) is 30.3 Å². The topological polar surface area (TPSA) is 46.3 Å². The number of benzene rings is 1. The molecule has 2 N–H and O–H groups in total. The minimum Gasteiger partial charge on any atom is -0.342 e. The zero-order chi connectivity index (χ0) is 14.7. The van der Waals surface area contributed by atoms with Crippen LogP contribution in [0.1, 0.15) is 56.4 Å². The van der Waals surface area contributed by atoms with E-state index < -0.39 is 0 Å². The van der Waals surface area contributed by atoms with E-state index >= 15 is 0 Å². The molecular formula is C18H26N2O. The van der Waals surface area contributed by atoms with Gasteiger partial charge in [0.2, 0.25) is 5.91 Å². The van der Waals surface area contributed by atoms with Gasteiger partial charge in [-0.15, -0.1) is 0 Å². The third kappa shape index (κ3) is 3.46. The summed E-state index contributed by atoms with van der Waals surface area (Å²) in [6, 6.07) is 10.5. The first-order valence-electron chi connectivity index (χ1n) is 8.28. The molecule has 1 aromatic carbocycles. The number of hydrogen-bond acceptors (Lipinski definition) is 2. The molecule has 114 valence electrons. The molecule has 0 spiro atoms. The molecule has 0 radical (unpaired) electrons. The van der Waals surface area contributed by atoms with Crippen LogP contribution in [-0.2, 0) is 4.79 Å². The number of carbonyl (C=O) groups excluding carboxylic acids is 1. The maximum absolute atomic E-state index is 12.5. The van der Waals surface area contributed by atoms with Crippen molar-refractivity contribution in [2.24, 2.45) is 5.73 Å². The Morgan fingerprint density at radius 2 is 1.90 bits per heavy atom. The molecule has 1 amide bonds. The highest BCUT2D eigenvalue weighted by Gasteiger charge is 2.34. The fourth-order valence-electron chi connectivity index (χ4n) is 3.83. The van der Waals surface area contributed by atoms with Gasteiger partial charge in [-0.1, -0.05) is 49.6 Å². The van der Waals surface area contributed by atoms with Crippen LogP contribution in [0.25, 0.3) is 0 Å². The molecule has 2 fully saturated rings. The Morgan fingerprint density at radius 3 is 2.62 bits per heavy atom. The van der Waals surface area contributed by atoms with Crippen LogP contribution in [0, 0.1) is 0 Å². The quantitative estimate of drug-likeness (QED) is 0.928. The van der Waals surface area contributed by atoms with E-state index in [1.165, 1.54) is 24.8 Å². The van der Waals surface area contributed by atoms with Crippen molar-refractivity contribution in [2.45, 2.75) is 56.4 Å². The van der Waals surface area contributed by atoms with Crippen molar-refractivity contribution in [3.05, 3.63) is 35.9 Å². The van der Waals surface area contributed by atoms with Gasteiger partial charge in [0.1, 0.15) is 0 Å². The standard InChI is InChI=1S/C18H26N2O/c19-18(10-5-2-6-11-18)13-17(21)20-12-9-16(14-20)15-7-3-1-4-8-15/h1,3-4,7-8,16H,2,5-6,9-14,19H2. The first-order valence-corrected chi connectivity index (χ1v) is 8.28. The van der Waals surface area contributed by atoms with E-state index in [4.69, 9.17) is 5.73 Å². The van der Waals surface area contributed by atoms with Gasteiger partial charge in [0, 0.05) is 31.0 Å². The van der Waals surface area contributed by atoms with Crippen molar-refractivity contribution in [2.75, 3.05) is 13.1 Å². The van der Waals surface area contributed by atoms with Crippen LogP contribution in [0.5, 0.6) is 0 Å². The molecule has 1 saturated carbocycles. The highest BCUT2D eigenvalue weighted by atomic mass is 16.2. The molecule has 3 nitrogen and oxygen atoms in total. The van der Waals surface area contributed by atoms with E-state index in [0.29, 0.717) is 12.3 Å². The van der Waals surface area contributed by atoms with Crippen LogP contribution in [0.2, 0.25) is 0 Å². The zero-order valence-corrected chi connectivity index (χ0v) is 12.8. The highest BCUT2D eigenvalue weighted by molar-refractivity contribution is 5.78. The monoisotopic (exact) mass is 286 g/mol. The number of carbonyl (C=O) groups is 1. The van der Waals surface area contributed by atoms with Crippen molar-refractivity contribution in [3.63, 3.8) is 0 Å². The van der Waals surface area contributed by atoms with Gasteiger partial charge in [-0.3, -0.25) is 4.79 Å². The van der Waals surface area contributed by atoms with Crippen LogP contribution in [0.3, 0.4) is 0 Å². The first kappa shape index (κ1) is 14.6. The smallest absolute Gasteiger partial charge is 0.224 e. The van der Waals surface area contributed by atoms with Gasteiger partial charge in [0.15, 0.2) is 0 Å². The maximum Gasteiger partial charge on any atom is 0.224 e. The van der Waals surface area contributed by atoms with E-state index in [2.05, 4.69) is 24.3 Å². The molecule has 2 aliphatic rings. The molecule has 1 heterocycles. The summed E-state index contributed by atoms with van der Waals surface area (Å²) in [6.07, 6.45) is 7.25. The molecule has 1 unspecified atom stereocenters. The van der Waals surface area contributed by atoms with E-state index in [1.54, 1.807) is 0 Å². The second kappa shape index (κ2) is 6.18. The van der Waals surface area contributed by atoms with Gasteiger partial charge in [-0.05, 0) is 24.8 Å². The molecular weight excluding hydrogens is 260 g/mol. The number of likely N-dealkylation sites (tertiary alicyclic amines) is 1. The Bertz CT molecular complexity index is 479. The molecule has 1 saturated heterocycles. The first-order chi connectivity index (χ1) is 10.2. The summed E-state index contributed by atoms with van der Waals surface area (Å²) >= 11 is 0. The van der Waals surface area contributed by atoms with E-state index in [0.717, 1.165) is 32.4 Å². The molecule has 3 rings (SSSR count). The van der Waals surface area contributed by atoms with E-state index in [9.17, 15) is 4.79 Å². The predicted molar refractivity (Wildman–Crippen MR) is 85.0 cm³/mol. The van der Waals surface area contributed by atoms with Crippen molar-refractivity contribution in [3.8, 4) is 0 Å². The second-order valence-corrected chi connectivity index (χ2v) is 6.84. The van der Waals surface area contributed by atoms with Crippen molar-refractivity contribution in [1.82, 2.24) is 4.90 Å². The largest absolute Gasteiger partial charge is 0.342 e. The number of nitrogens with zero attached hydrogens (tertiary/aromatic N) is 1. The molecule has 3 heteroatoms. The third-order valence-electron chi connectivity index (χ3n) is 5.16. The second-order valence-electron chi connectivity index (χ2n) is 6.84. The molecule has 0 aromatic heterocycles. The van der Waals surface area contributed by atoms with Gasteiger partial charge in [-0.25, -0.2) is 0 Å². The van der Waals surface area contributed by atoms with Crippen molar-refractivity contribution >= 4 is 5.91 Å². The van der Waals surface area contributed by atoms with Crippen molar-refractivity contribution < 1.29 is 4.79 Å². The van der Waals surface area contributed by atoms with E-state index in [-0.39, 0.29) is 11.4 Å². The average Bonchev–Trinajstić information content (AvgIpc) is 2.98. The fraction of sp³-hybridized carbons (Fsp3) is 0.611. The summed E-state index contributed by atoms with van der Waals surface area (Å²) in [5.74, 6) is 0.757. The average molecular weight is 286 g/mol. The van der Waals surface area contributed by atoms with Gasteiger partial charge in [0.05, 0.1) is 0 Å². The summed E-state index contributed by atoms with van der Waals surface area (Å²) in [4.78, 5) is 14.6. The maximum atomic E-state index is 12.5. The minimum atomic E-state index is -0.236. The Kier molecular flexibility index (Phi) is 4.29. The summed E-state index contributed by atoms with van der Waals surface area (Å²) in [5, 5.41) is 0. The summed E-state index contributed by atoms with van der Waals surface area (Å²) in [7, 11) is 0. The molecule has 1 aliphatic heterocycles. The third-order valence-corrected chi connectivity index (χ3v) is 5.16. The molecule has 1 aliphatic carbocycles. The summed E-state index contributed by atoms with van der Waals surface area (Å²) < 4.78 is 0. The van der Waals surface area contributed by atoms with Crippen LogP contribution < -0.4 is 5.73 Å². The predicted octanol–water partition coefficient (Wildman–Crippen LogP) is 3.05. The number of hydrogen-bond donors (Lipinski definition) is 1. The zero-order valence-electron chi connectivity index (χ0n) is 12.8. The van der Waals surface area contributed by atoms with Crippen LogP contribution >= 0.6 is 0 Å². The highest BCUT2D eigenvalue weighted by Crippen LogP contribution is 2.32. The Morgan fingerprint density at radius 1 is 1.19 bits per heavy atom. The lowest BCUT2D eigenvalue weighted by Crippen LogP contribution is -2.46. The lowest BCUT2D eigenvalue weighted by Gasteiger charge is -2.34. The summed E-state index contributed by atoms with van der Waals surface area (Å²) in [6.45, 7) is 1.74. The minimum absolute atomic E-state index is 0.236. The Hall–Kier alpha value is -1.35. The Labute approximate surface area is 127 Å². The number of nitrogens with two attached hydrogens (primary N) is 1. The molecule has 21 heavy (non-hydrogen) atoms. The number of amides is 1. The Balaban J connectivity index is 1.57. The van der Waals surface area contributed by atoms with Crippen molar-refractivity contribution in [1.29, 1.82) is 0 Å². The van der Waals surface area contributed by atoms with Gasteiger partial charge < -0.3 is 10.6 Å². The lowest BCUT2D eigenvalue weighted by molar-refractivity contribution is -0.131. The SMILES string of the molecule is NC1(CC(=O)N2CCC(c3ccccc3)C2)CCCCC1. The fourth-order valence-corrected chi connectivity index (χ4v) is 3.83. The normalized spacial score (nSPS) is 25.0. The van der Waals surface area contributed by atoms with Gasteiger partial charge >= 0.3 is 0 Å². The number of rotatable bonds is 3. The molecule has 0 bridgehead atoms. The lowest BCUT2D eigenvalue weighted by atomic mass is 9.80. The summed E-state index contributed by atoms with van der Waals surface area (Å²) in [5.41, 5.74) is 7.54. The van der Waals surface area contributed by atoms with Gasteiger partial charge in [0.25, 0.3) is 0 Å².